The summed E-state index contributed by atoms with van der Waals surface area (Å²) < 4.78 is 8.73. The Bertz CT molecular complexity index is 569. The summed E-state index contributed by atoms with van der Waals surface area (Å²) in [4.78, 5) is 18.3. The summed E-state index contributed by atoms with van der Waals surface area (Å²) in [6.07, 6.45) is 0. The highest BCUT2D eigenvalue weighted by atomic mass is 32.1. The molecular formula is C10H13N5O2S. The van der Waals surface area contributed by atoms with Crippen molar-refractivity contribution in [2.75, 3.05) is 7.11 Å². The van der Waals surface area contributed by atoms with Crippen molar-refractivity contribution in [2.24, 2.45) is 0 Å². The number of aromatic nitrogens is 5. The Hall–Kier alpha value is -1.83. The standard InChI is InChI=1S/C10H13N5O2S/c1-10(2,3)9-12-6(15-18-9)5-11-7(14-13-5)8(16)17-4/h1-4H3,(H,11,13,14). The lowest BCUT2D eigenvalue weighted by Gasteiger charge is -2.12. The first-order valence-corrected chi connectivity index (χ1v) is 6.04. The number of H-pyrrole nitrogens is 1. The average molecular weight is 267 g/mol. The maximum absolute atomic E-state index is 11.2. The van der Waals surface area contributed by atoms with E-state index in [-0.39, 0.29) is 11.2 Å². The third-order valence-corrected chi connectivity index (χ3v) is 3.29. The second-order valence-corrected chi connectivity index (χ2v) is 5.44. The predicted molar refractivity (Wildman–Crippen MR) is 65.3 cm³/mol. The molecule has 2 aromatic rings. The average Bonchev–Trinajstić information content (AvgIpc) is 2.94. The molecule has 0 amide bonds. The minimum Gasteiger partial charge on any atom is -0.463 e. The van der Waals surface area contributed by atoms with Gasteiger partial charge in [-0.05, 0) is 11.5 Å². The van der Waals surface area contributed by atoms with Crippen LogP contribution in [0.15, 0.2) is 0 Å². The number of carbonyl (C=O) groups excluding carboxylic acids is 1. The number of methoxy groups -OCH3 is 1. The number of nitrogens with one attached hydrogen (secondary N) is 1. The number of ether oxygens (including phenoxy) is 1. The van der Waals surface area contributed by atoms with Gasteiger partial charge in [0.2, 0.25) is 17.5 Å². The first-order valence-electron chi connectivity index (χ1n) is 5.27. The summed E-state index contributed by atoms with van der Waals surface area (Å²) >= 11 is 1.31. The van der Waals surface area contributed by atoms with Crippen LogP contribution in [0.25, 0.3) is 11.6 Å². The van der Waals surface area contributed by atoms with Gasteiger partial charge in [-0.1, -0.05) is 20.8 Å². The second kappa shape index (κ2) is 4.45. The van der Waals surface area contributed by atoms with Crippen LogP contribution in [0.2, 0.25) is 0 Å². The third kappa shape index (κ3) is 2.37. The highest BCUT2D eigenvalue weighted by Crippen LogP contribution is 2.25. The van der Waals surface area contributed by atoms with Crippen molar-refractivity contribution >= 4 is 17.5 Å². The molecule has 18 heavy (non-hydrogen) atoms. The van der Waals surface area contributed by atoms with Gasteiger partial charge >= 0.3 is 5.97 Å². The van der Waals surface area contributed by atoms with Gasteiger partial charge in [-0.3, -0.25) is 0 Å². The smallest absolute Gasteiger partial charge is 0.376 e. The van der Waals surface area contributed by atoms with Gasteiger partial charge in [-0.2, -0.15) is 4.37 Å². The van der Waals surface area contributed by atoms with Gasteiger partial charge in [-0.15, -0.1) is 10.2 Å². The van der Waals surface area contributed by atoms with Gasteiger partial charge in [0, 0.05) is 5.41 Å². The fourth-order valence-corrected chi connectivity index (χ4v) is 1.88. The molecule has 0 aliphatic heterocycles. The van der Waals surface area contributed by atoms with Crippen LogP contribution in [-0.4, -0.2) is 37.6 Å². The summed E-state index contributed by atoms with van der Waals surface area (Å²) in [6.45, 7) is 6.16. The number of nitrogens with zero attached hydrogens (tertiary/aromatic N) is 4. The fraction of sp³-hybridized carbons (Fsp3) is 0.500. The normalized spacial score (nSPS) is 11.6. The quantitative estimate of drug-likeness (QED) is 0.827. The molecule has 2 heterocycles. The van der Waals surface area contributed by atoms with Crippen molar-refractivity contribution in [2.45, 2.75) is 26.2 Å². The zero-order chi connectivity index (χ0) is 13.3. The van der Waals surface area contributed by atoms with Crippen molar-refractivity contribution < 1.29 is 9.53 Å². The molecule has 0 saturated heterocycles. The molecule has 2 aromatic heterocycles. The lowest BCUT2D eigenvalue weighted by molar-refractivity contribution is 0.0587. The zero-order valence-corrected chi connectivity index (χ0v) is 11.3. The first kappa shape index (κ1) is 12.6. The molecule has 0 atom stereocenters. The largest absolute Gasteiger partial charge is 0.463 e. The molecule has 0 unspecified atom stereocenters. The Balaban J connectivity index is 2.30. The number of aromatic amines is 1. The topological polar surface area (TPSA) is 93.7 Å². The lowest BCUT2D eigenvalue weighted by Crippen LogP contribution is -2.10. The van der Waals surface area contributed by atoms with E-state index in [0.29, 0.717) is 11.6 Å². The number of carbonyl (C=O) groups is 1. The van der Waals surface area contributed by atoms with E-state index in [4.69, 9.17) is 0 Å². The van der Waals surface area contributed by atoms with Crippen LogP contribution in [0, 0.1) is 0 Å². The maximum Gasteiger partial charge on any atom is 0.376 e. The Morgan fingerprint density at radius 3 is 2.61 bits per heavy atom. The summed E-state index contributed by atoms with van der Waals surface area (Å²) in [5, 5.41) is 8.40. The molecule has 1 N–H and O–H groups in total. The number of hydrogen-bond acceptors (Lipinski definition) is 7. The minimum absolute atomic E-state index is 0.0413. The molecule has 0 saturated carbocycles. The molecule has 96 valence electrons. The van der Waals surface area contributed by atoms with E-state index in [1.165, 1.54) is 18.6 Å². The van der Waals surface area contributed by atoms with E-state index < -0.39 is 5.97 Å². The molecular weight excluding hydrogens is 254 g/mol. The molecule has 0 aliphatic carbocycles. The molecule has 0 aliphatic rings. The number of rotatable bonds is 2. The second-order valence-electron chi connectivity index (χ2n) is 4.69. The number of esters is 1. The molecule has 0 aromatic carbocycles. The van der Waals surface area contributed by atoms with E-state index in [2.05, 4.69) is 50.0 Å². The highest BCUT2D eigenvalue weighted by molar-refractivity contribution is 7.05. The van der Waals surface area contributed by atoms with Crippen LogP contribution in [0.3, 0.4) is 0 Å². The monoisotopic (exact) mass is 267 g/mol. The van der Waals surface area contributed by atoms with Gasteiger partial charge in [0.1, 0.15) is 5.01 Å². The Morgan fingerprint density at radius 2 is 2.06 bits per heavy atom. The van der Waals surface area contributed by atoms with Crippen molar-refractivity contribution in [1.82, 2.24) is 24.5 Å². The van der Waals surface area contributed by atoms with Crippen LogP contribution in [0.1, 0.15) is 36.4 Å². The lowest BCUT2D eigenvalue weighted by atomic mass is 9.98. The molecule has 0 spiro atoms. The van der Waals surface area contributed by atoms with Crippen molar-refractivity contribution in [3.63, 3.8) is 0 Å². The Labute approximate surface area is 108 Å². The first-order chi connectivity index (χ1) is 8.41. The summed E-state index contributed by atoms with van der Waals surface area (Å²) in [5.74, 6) is 0.273. The maximum atomic E-state index is 11.2. The molecule has 0 fully saturated rings. The van der Waals surface area contributed by atoms with Gasteiger partial charge in [0.15, 0.2) is 0 Å². The third-order valence-electron chi connectivity index (χ3n) is 2.14. The van der Waals surface area contributed by atoms with E-state index in [9.17, 15) is 4.79 Å². The van der Waals surface area contributed by atoms with Crippen molar-refractivity contribution in [3.8, 4) is 11.6 Å². The van der Waals surface area contributed by atoms with Gasteiger partial charge < -0.3 is 9.72 Å². The van der Waals surface area contributed by atoms with Crippen molar-refractivity contribution in [3.05, 3.63) is 10.8 Å². The van der Waals surface area contributed by atoms with Crippen LogP contribution in [0.4, 0.5) is 0 Å². The molecule has 0 bridgehead atoms. The van der Waals surface area contributed by atoms with E-state index in [1.54, 1.807) is 0 Å². The van der Waals surface area contributed by atoms with Crippen molar-refractivity contribution in [1.29, 1.82) is 0 Å². The molecule has 7 nitrogen and oxygen atoms in total. The molecule has 0 radical (unpaired) electrons. The van der Waals surface area contributed by atoms with Crippen LogP contribution in [0.5, 0.6) is 0 Å². The van der Waals surface area contributed by atoms with Gasteiger partial charge in [-0.25, -0.2) is 9.78 Å². The van der Waals surface area contributed by atoms with Crippen LogP contribution < -0.4 is 0 Å². The summed E-state index contributed by atoms with van der Waals surface area (Å²) in [6, 6.07) is 0. The zero-order valence-electron chi connectivity index (χ0n) is 10.5. The van der Waals surface area contributed by atoms with Crippen LogP contribution >= 0.6 is 11.5 Å². The molecule has 2 rings (SSSR count). The molecule has 8 heteroatoms. The Kier molecular flexibility index (Phi) is 3.12. The minimum atomic E-state index is -0.569. The highest BCUT2D eigenvalue weighted by Gasteiger charge is 2.21. The fourth-order valence-electron chi connectivity index (χ4n) is 1.18. The SMILES string of the molecule is COC(=O)c1nnc(-c2nsc(C(C)(C)C)n2)[nH]1. The number of hydrogen-bond donors (Lipinski definition) is 1. The summed E-state index contributed by atoms with van der Waals surface area (Å²) in [5.41, 5.74) is -0.0683. The predicted octanol–water partition coefficient (Wildman–Crippen LogP) is 1.41. The summed E-state index contributed by atoms with van der Waals surface area (Å²) in [7, 11) is 1.28. The van der Waals surface area contributed by atoms with E-state index in [1.807, 2.05) is 0 Å². The van der Waals surface area contributed by atoms with E-state index in [0.717, 1.165) is 5.01 Å². The Morgan fingerprint density at radius 1 is 1.33 bits per heavy atom. The van der Waals surface area contributed by atoms with Gasteiger partial charge in [0.25, 0.3) is 0 Å². The van der Waals surface area contributed by atoms with E-state index >= 15 is 0 Å². The van der Waals surface area contributed by atoms with Gasteiger partial charge in [0.05, 0.1) is 7.11 Å². The van der Waals surface area contributed by atoms with Crippen LogP contribution in [-0.2, 0) is 10.2 Å².